The Morgan fingerprint density at radius 3 is 1.21 bits per heavy atom. The molecule has 4 aromatic rings. The SMILES string of the molecule is Cc1c(F)cc(C(C)(C)C)cc1F.Cc1ccc(C(C)(C)C)cc1C.Cc1ccc(C(C)(C)C)cn1.Cc1ncc(C(C)(C)C)cc1F. The molecule has 48 heavy (non-hydrogen) atoms. The second-order valence-electron chi connectivity index (χ2n) is 16.8. The number of rotatable bonds is 0. The highest BCUT2D eigenvalue weighted by Gasteiger charge is 2.18. The first-order chi connectivity index (χ1) is 21.6. The Labute approximate surface area is 290 Å². The molecule has 0 unspecified atom stereocenters. The zero-order valence-corrected chi connectivity index (χ0v) is 32.8. The van der Waals surface area contributed by atoms with Gasteiger partial charge in [0.2, 0.25) is 0 Å². The Bertz CT molecular complexity index is 1520. The van der Waals surface area contributed by atoms with Crippen molar-refractivity contribution in [3.63, 3.8) is 0 Å². The Hall–Kier alpha value is -3.47. The molecule has 4 rings (SSSR count). The Balaban J connectivity index is 0.000000320. The van der Waals surface area contributed by atoms with Crippen LogP contribution in [0.15, 0.2) is 60.9 Å². The number of pyridine rings is 2. The summed E-state index contributed by atoms with van der Waals surface area (Å²) in [5.41, 5.74) is 9.00. The highest BCUT2D eigenvalue weighted by atomic mass is 19.1. The van der Waals surface area contributed by atoms with Crippen molar-refractivity contribution in [2.45, 2.75) is 139 Å². The second-order valence-corrected chi connectivity index (χ2v) is 16.8. The van der Waals surface area contributed by atoms with Crippen molar-refractivity contribution in [2.75, 3.05) is 0 Å². The van der Waals surface area contributed by atoms with Gasteiger partial charge in [-0.2, -0.15) is 0 Å². The molecule has 0 saturated carbocycles. The van der Waals surface area contributed by atoms with E-state index in [9.17, 15) is 13.2 Å². The summed E-state index contributed by atoms with van der Waals surface area (Å²) >= 11 is 0. The fraction of sp³-hybridized carbons (Fsp3) is 0.488. The van der Waals surface area contributed by atoms with E-state index in [1.54, 1.807) is 19.2 Å². The second kappa shape index (κ2) is 16.8. The first kappa shape index (κ1) is 42.6. The lowest BCUT2D eigenvalue weighted by Crippen LogP contribution is -2.12. The molecule has 0 fully saturated rings. The largest absolute Gasteiger partial charge is 0.261 e. The summed E-state index contributed by atoms with van der Waals surface area (Å²) in [5, 5.41) is 0. The molecule has 0 N–H and O–H groups in total. The standard InChI is InChI=1S/C12H18.C11H14F2.C10H14FN.C10H15N/c1-9-6-7-11(8-10(9)2)12(3,4)5;1-7-9(12)5-8(6-10(7)13)11(2,3)4;1-7-9(11)5-8(6-12-7)10(2,3)4;1-8-5-6-9(7-11-8)10(2,3)4/h6-8H,1-5H3;5-6H,1-4H3;5-6H,1-4H3;5-7H,1-4H3. The molecule has 0 amide bonds. The van der Waals surface area contributed by atoms with Crippen LogP contribution in [0.25, 0.3) is 0 Å². The maximum atomic E-state index is 13.1. The van der Waals surface area contributed by atoms with Crippen molar-refractivity contribution in [1.29, 1.82) is 0 Å². The summed E-state index contributed by atoms with van der Waals surface area (Å²) in [5.74, 6) is -1.16. The van der Waals surface area contributed by atoms with E-state index < -0.39 is 11.6 Å². The van der Waals surface area contributed by atoms with E-state index >= 15 is 0 Å². The molecule has 0 saturated heterocycles. The molecule has 264 valence electrons. The van der Waals surface area contributed by atoms with Crippen LogP contribution in [0.4, 0.5) is 13.2 Å². The van der Waals surface area contributed by atoms with E-state index in [-0.39, 0.29) is 33.0 Å². The van der Waals surface area contributed by atoms with Gasteiger partial charge in [-0.1, -0.05) is 107 Å². The monoisotopic (exact) mass is 662 g/mol. The summed E-state index contributed by atoms with van der Waals surface area (Å²) < 4.78 is 39.3. The van der Waals surface area contributed by atoms with Gasteiger partial charge in [-0.05, 0) is 114 Å². The van der Waals surface area contributed by atoms with Gasteiger partial charge in [0.25, 0.3) is 0 Å². The number of aryl methyl sites for hydroxylation is 4. The summed E-state index contributed by atoms with van der Waals surface area (Å²) in [4.78, 5) is 8.22. The van der Waals surface area contributed by atoms with E-state index in [0.717, 1.165) is 11.3 Å². The quantitative estimate of drug-likeness (QED) is 0.187. The van der Waals surface area contributed by atoms with E-state index in [1.165, 1.54) is 41.3 Å². The summed E-state index contributed by atoms with van der Waals surface area (Å²) in [6.07, 6.45) is 3.69. The molecule has 0 aliphatic carbocycles. The van der Waals surface area contributed by atoms with Gasteiger partial charge in [-0.15, -0.1) is 0 Å². The van der Waals surface area contributed by atoms with Gasteiger partial charge >= 0.3 is 0 Å². The zero-order chi connectivity index (χ0) is 37.4. The van der Waals surface area contributed by atoms with Crippen molar-refractivity contribution in [2.24, 2.45) is 0 Å². The average Bonchev–Trinajstić information content (AvgIpc) is 2.93. The van der Waals surface area contributed by atoms with Gasteiger partial charge in [0.15, 0.2) is 0 Å². The highest BCUT2D eigenvalue weighted by Crippen LogP contribution is 2.26. The van der Waals surface area contributed by atoms with Crippen molar-refractivity contribution in [1.82, 2.24) is 9.97 Å². The molecule has 5 heteroatoms. The molecule has 2 heterocycles. The number of benzene rings is 2. The van der Waals surface area contributed by atoms with Gasteiger partial charge in [-0.25, -0.2) is 13.2 Å². The first-order valence-corrected chi connectivity index (χ1v) is 16.7. The van der Waals surface area contributed by atoms with Crippen molar-refractivity contribution < 1.29 is 13.2 Å². The van der Waals surface area contributed by atoms with Crippen LogP contribution >= 0.6 is 0 Å². The summed E-state index contributed by atoms with van der Waals surface area (Å²) in [6, 6.07) is 15.3. The van der Waals surface area contributed by atoms with Crippen LogP contribution in [0.3, 0.4) is 0 Å². The van der Waals surface area contributed by atoms with Crippen LogP contribution in [0.5, 0.6) is 0 Å². The molecular weight excluding hydrogens is 601 g/mol. The van der Waals surface area contributed by atoms with E-state index in [1.807, 2.05) is 54.7 Å². The van der Waals surface area contributed by atoms with E-state index in [2.05, 4.69) is 95.7 Å². The number of halogens is 3. The molecule has 0 bridgehead atoms. The minimum absolute atomic E-state index is 0.0263. The maximum absolute atomic E-state index is 13.1. The molecule has 2 aromatic heterocycles. The first-order valence-electron chi connectivity index (χ1n) is 16.7. The molecule has 2 nitrogen and oxygen atoms in total. The van der Waals surface area contributed by atoms with Crippen molar-refractivity contribution in [3.8, 4) is 0 Å². The van der Waals surface area contributed by atoms with Crippen molar-refractivity contribution >= 4 is 0 Å². The van der Waals surface area contributed by atoms with Gasteiger partial charge < -0.3 is 0 Å². The lowest BCUT2D eigenvalue weighted by atomic mass is 9.85. The van der Waals surface area contributed by atoms with Crippen LogP contribution in [-0.2, 0) is 21.7 Å². The van der Waals surface area contributed by atoms with Gasteiger partial charge in [0, 0.05) is 23.7 Å². The molecule has 0 spiro atoms. The minimum atomic E-state index is -0.468. The van der Waals surface area contributed by atoms with Crippen LogP contribution in [-0.4, -0.2) is 9.97 Å². The predicted molar refractivity (Wildman–Crippen MR) is 200 cm³/mol. The zero-order valence-electron chi connectivity index (χ0n) is 32.8. The van der Waals surface area contributed by atoms with Crippen LogP contribution in [0.1, 0.15) is 133 Å². The molecule has 0 aliphatic heterocycles. The average molecular weight is 663 g/mol. The third-order valence-corrected chi connectivity index (χ3v) is 8.19. The Kier molecular flexibility index (Phi) is 14.9. The maximum Gasteiger partial charge on any atom is 0.144 e. The number of nitrogens with zero attached hydrogens (tertiary/aromatic N) is 2. The normalized spacial score (nSPS) is 11.8. The molecular formula is C43H61F3N2. The Morgan fingerprint density at radius 1 is 0.417 bits per heavy atom. The van der Waals surface area contributed by atoms with Crippen molar-refractivity contribution in [3.05, 3.63) is 129 Å². The predicted octanol–water partition coefficient (Wildman–Crippen LogP) is 12.7. The molecule has 2 aromatic carbocycles. The minimum Gasteiger partial charge on any atom is -0.261 e. The number of aromatic nitrogens is 2. The van der Waals surface area contributed by atoms with Gasteiger partial charge in [-0.3, -0.25) is 9.97 Å². The number of hydrogen-bond acceptors (Lipinski definition) is 2. The molecule has 0 radical (unpaired) electrons. The van der Waals surface area contributed by atoms with Gasteiger partial charge in [0.1, 0.15) is 17.5 Å². The highest BCUT2D eigenvalue weighted by molar-refractivity contribution is 5.33. The topological polar surface area (TPSA) is 25.8 Å². The molecule has 0 aliphatic rings. The lowest BCUT2D eigenvalue weighted by Gasteiger charge is -2.19. The fourth-order valence-corrected chi connectivity index (χ4v) is 4.11. The van der Waals surface area contributed by atoms with Gasteiger partial charge in [0.05, 0.1) is 5.69 Å². The molecule has 0 atom stereocenters. The summed E-state index contributed by atoms with van der Waals surface area (Å²) in [7, 11) is 0. The number of hydrogen-bond donors (Lipinski definition) is 0. The Morgan fingerprint density at radius 2 is 0.833 bits per heavy atom. The van der Waals surface area contributed by atoms with Crippen LogP contribution < -0.4 is 0 Å². The van der Waals surface area contributed by atoms with Crippen LogP contribution in [0, 0.1) is 52.1 Å². The lowest BCUT2D eigenvalue weighted by molar-refractivity contribution is 0.536. The summed E-state index contributed by atoms with van der Waals surface area (Å²) in [6.45, 7) is 34.7. The van der Waals surface area contributed by atoms with E-state index in [4.69, 9.17) is 0 Å². The van der Waals surface area contributed by atoms with E-state index in [0.29, 0.717) is 11.3 Å². The fourth-order valence-electron chi connectivity index (χ4n) is 4.11. The van der Waals surface area contributed by atoms with Crippen LogP contribution in [0.2, 0.25) is 0 Å². The smallest absolute Gasteiger partial charge is 0.144 e. The third-order valence-electron chi connectivity index (χ3n) is 8.19. The third kappa shape index (κ3) is 13.9.